The number of carbonyl (C=O) groups is 1. The van der Waals surface area contributed by atoms with Crippen LogP contribution in [0.4, 0.5) is 5.69 Å². The molecule has 27 heavy (non-hydrogen) atoms. The van der Waals surface area contributed by atoms with E-state index in [1.807, 2.05) is 6.07 Å². The maximum absolute atomic E-state index is 13.2. The maximum Gasteiger partial charge on any atom is 0.268 e. The van der Waals surface area contributed by atoms with Crippen LogP contribution < -0.4 is 14.5 Å². The minimum Gasteiger partial charge on any atom is -0.454 e. The molecule has 0 saturated carbocycles. The van der Waals surface area contributed by atoms with E-state index in [1.165, 1.54) is 4.31 Å². The van der Waals surface area contributed by atoms with Crippen LogP contribution in [-0.4, -0.2) is 26.1 Å². The second kappa shape index (κ2) is 8.41. The fraction of sp³-hybridized carbons (Fsp3) is 0.316. The summed E-state index contributed by atoms with van der Waals surface area (Å²) in [6.07, 6.45) is 3.09. The Labute approximate surface area is 158 Å². The number of hydrogen-bond donors (Lipinski definition) is 2. The minimum absolute atomic E-state index is 0.154. The molecule has 144 valence electrons. The fourth-order valence-corrected chi connectivity index (χ4v) is 4.69. The highest BCUT2D eigenvalue weighted by Crippen LogP contribution is 2.42. The van der Waals surface area contributed by atoms with Crippen molar-refractivity contribution in [3.8, 4) is 11.5 Å². The van der Waals surface area contributed by atoms with Gasteiger partial charge in [0.05, 0.1) is 5.69 Å². The number of sulfonamides is 1. The molecular formula is C19H22N2O5S. The van der Waals surface area contributed by atoms with Gasteiger partial charge in [0, 0.05) is 13.0 Å². The number of hydroxylamine groups is 1. The third-order valence-corrected chi connectivity index (χ3v) is 6.26. The van der Waals surface area contributed by atoms with E-state index in [0.717, 1.165) is 12.8 Å². The molecule has 0 aromatic heterocycles. The summed E-state index contributed by atoms with van der Waals surface area (Å²) in [4.78, 5) is 11.2. The van der Waals surface area contributed by atoms with Gasteiger partial charge in [0.1, 0.15) is 10.6 Å². The van der Waals surface area contributed by atoms with E-state index in [0.29, 0.717) is 36.6 Å². The van der Waals surface area contributed by atoms with Gasteiger partial charge in [-0.15, -0.1) is 0 Å². The number of carbonyl (C=O) groups excluding carboxylic acids is 1. The van der Waals surface area contributed by atoms with Crippen molar-refractivity contribution in [2.75, 3.05) is 10.8 Å². The van der Waals surface area contributed by atoms with Crippen LogP contribution in [0.25, 0.3) is 0 Å². The number of anilines is 1. The first kappa shape index (κ1) is 19.2. The molecular weight excluding hydrogens is 368 g/mol. The van der Waals surface area contributed by atoms with Gasteiger partial charge in [-0.05, 0) is 37.1 Å². The minimum atomic E-state index is -3.73. The molecule has 2 aromatic rings. The highest BCUT2D eigenvalue weighted by atomic mass is 32.2. The Bertz CT molecular complexity index is 914. The molecule has 1 amide bonds. The van der Waals surface area contributed by atoms with E-state index in [2.05, 4.69) is 0 Å². The lowest BCUT2D eigenvalue weighted by Gasteiger charge is -2.23. The second-order valence-electron chi connectivity index (χ2n) is 6.29. The zero-order valence-electron chi connectivity index (χ0n) is 14.8. The van der Waals surface area contributed by atoms with Crippen LogP contribution in [0.3, 0.4) is 0 Å². The van der Waals surface area contributed by atoms with Crippen LogP contribution >= 0.6 is 0 Å². The smallest absolute Gasteiger partial charge is 0.268 e. The van der Waals surface area contributed by atoms with Gasteiger partial charge < -0.3 is 4.74 Å². The average Bonchev–Trinajstić information content (AvgIpc) is 2.76. The molecule has 2 aromatic carbocycles. The lowest BCUT2D eigenvalue weighted by molar-refractivity contribution is -0.129. The monoisotopic (exact) mass is 390 g/mol. The van der Waals surface area contributed by atoms with Gasteiger partial charge in [-0.2, -0.15) is 0 Å². The molecule has 0 aliphatic carbocycles. The van der Waals surface area contributed by atoms with E-state index < -0.39 is 15.9 Å². The van der Waals surface area contributed by atoms with Gasteiger partial charge in [-0.25, -0.2) is 13.9 Å². The first-order chi connectivity index (χ1) is 13.0. The maximum atomic E-state index is 13.2. The first-order valence-electron chi connectivity index (χ1n) is 8.85. The average molecular weight is 390 g/mol. The number of ether oxygens (including phenoxy) is 1. The summed E-state index contributed by atoms with van der Waals surface area (Å²) in [5.41, 5.74) is 2.13. The molecule has 1 aliphatic rings. The molecule has 0 spiro atoms. The van der Waals surface area contributed by atoms with Crippen molar-refractivity contribution < 1.29 is 23.2 Å². The predicted octanol–water partition coefficient (Wildman–Crippen LogP) is 3.44. The topological polar surface area (TPSA) is 95.9 Å². The number of unbranched alkanes of at least 4 members (excludes halogenated alkanes) is 3. The van der Waals surface area contributed by atoms with E-state index >= 15 is 0 Å². The Morgan fingerprint density at radius 3 is 2.41 bits per heavy atom. The van der Waals surface area contributed by atoms with Gasteiger partial charge in [0.2, 0.25) is 5.91 Å². The van der Waals surface area contributed by atoms with Gasteiger partial charge in [-0.1, -0.05) is 37.1 Å². The Hall–Kier alpha value is -2.58. The molecule has 0 bridgehead atoms. The van der Waals surface area contributed by atoms with Crippen molar-refractivity contribution in [3.05, 3.63) is 48.5 Å². The molecule has 0 atom stereocenters. The number of rotatable bonds is 7. The van der Waals surface area contributed by atoms with Crippen molar-refractivity contribution in [3.63, 3.8) is 0 Å². The SMILES string of the molecule is O=C(CCCCCCN1c2ccccc2Oc2ccccc2S1(=O)=O)NO. The fourth-order valence-electron chi connectivity index (χ4n) is 3.05. The number of fused-ring (bicyclic) bond motifs is 2. The number of nitrogens with zero attached hydrogens (tertiary/aromatic N) is 1. The number of hydrogen-bond acceptors (Lipinski definition) is 5. The van der Waals surface area contributed by atoms with Crippen molar-refractivity contribution in [1.29, 1.82) is 0 Å². The third-order valence-electron chi connectivity index (χ3n) is 4.41. The largest absolute Gasteiger partial charge is 0.454 e. The predicted molar refractivity (Wildman–Crippen MR) is 101 cm³/mol. The normalized spacial score (nSPS) is 14.5. The van der Waals surface area contributed by atoms with Crippen LogP contribution in [0, 0.1) is 0 Å². The molecule has 7 nitrogen and oxygen atoms in total. The molecule has 0 unspecified atom stereocenters. The number of benzene rings is 2. The summed E-state index contributed by atoms with van der Waals surface area (Å²) in [6.45, 7) is 0.323. The third kappa shape index (κ3) is 4.23. The van der Waals surface area contributed by atoms with Crippen LogP contribution in [-0.2, 0) is 14.8 Å². The van der Waals surface area contributed by atoms with Gasteiger partial charge in [0.25, 0.3) is 10.0 Å². The van der Waals surface area contributed by atoms with Crippen molar-refractivity contribution in [1.82, 2.24) is 5.48 Å². The molecule has 3 rings (SSSR count). The lowest BCUT2D eigenvalue weighted by atomic mass is 10.1. The van der Waals surface area contributed by atoms with E-state index in [9.17, 15) is 13.2 Å². The molecule has 1 aliphatic heterocycles. The molecule has 0 saturated heterocycles. The Morgan fingerprint density at radius 2 is 1.63 bits per heavy atom. The summed E-state index contributed by atoms with van der Waals surface area (Å²) in [5, 5.41) is 8.48. The molecule has 8 heteroatoms. The van der Waals surface area contributed by atoms with Crippen LogP contribution in [0.2, 0.25) is 0 Å². The lowest BCUT2D eigenvalue weighted by Crippen LogP contribution is -2.31. The highest BCUT2D eigenvalue weighted by molar-refractivity contribution is 7.93. The van der Waals surface area contributed by atoms with Crippen molar-refractivity contribution in [2.45, 2.75) is 37.0 Å². The molecule has 0 fully saturated rings. The summed E-state index contributed by atoms with van der Waals surface area (Å²) < 4.78 is 33.7. The highest BCUT2D eigenvalue weighted by Gasteiger charge is 2.32. The number of para-hydroxylation sites is 3. The molecule has 2 N–H and O–H groups in total. The van der Waals surface area contributed by atoms with Crippen LogP contribution in [0.15, 0.2) is 53.4 Å². The number of amides is 1. The van der Waals surface area contributed by atoms with E-state index in [-0.39, 0.29) is 11.3 Å². The van der Waals surface area contributed by atoms with Gasteiger partial charge in [-0.3, -0.25) is 14.3 Å². The van der Waals surface area contributed by atoms with Gasteiger partial charge in [0.15, 0.2) is 5.75 Å². The summed E-state index contributed by atoms with van der Waals surface area (Å²) in [7, 11) is -3.73. The molecule has 1 heterocycles. The second-order valence-corrected chi connectivity index (χ2v) is 8.12. The zero-order valence-corrected chi connectivity index (χ0v) is 15.6. The van der Waals surface area contributed by atoms with Crippen LogP contribution in [0.5, 0.6) is 11.5 Å². The Balaban J connectivity index is 1.76. The summed E-state index contributed by atoms with van der Waals surface area (Å²) in [5.74, 6) is 0.417. The quantitative estimate of drug-likeness (QED) is 0.429. The van der Waals surface area contributed by atoms with Crippen molar-refractivity contribution in [2.24, 2.45) is 0 Å². The van der Waals surface area contributed by atoms with E-state index in [4.69, 9.17) is 9.94 Å². The van der Waals surface area contributed by atoms with Crippen molar-refractivity contribution >= 4 is 21.6 Å². The van der Waals surface area contributed by atoms with E-state index in [1.54, 1.807) is 47.9 Å². The Morgan fingerprint density at radius 1 is 0.963 bits per heavy atom. The summed E-state index contributed by atoms with van der Waals surface area (Å²) >= 11 is 0. The van der Waals surface area contributed by atoms with Gasteiger partial charge >= 0.3 is 0 Å². The Kier molecular flexibility index (Phi) is 5.98. The molecule has 0 radical (unpaired) electrons. The van der Waals surface area contributed by atoms with Crippen LogP contribution in [0.1, 0.15) is 32.1 Å². The standard InChI is InChI=1S/C19H22N2O5S/c22-19(20-23)13-3-1-2-8-14-21-15-9-4-5-10-16(15)26-17-11-6-7-12-18(17)27(21,24)25/h4-7,9-12,23H,1-3,8,13-14H2,(H,20,22). The summed E-state index contributed by atoms with van der Waals surface area (Å²) in [6, 6.07) is 13.7. The first-order valence-corrected chi connectivity index (χ1v) is 10.3. The number of nitrogens with one attached hydrogen (secondary N) is 1. The zero-order chi connectivity index (χ0) is 19.3.